The second kappa shape index (κ2) is 13.0. The summed E-state index contributed by atoms with van der Waals surface area (Å²) < 4.78 is 14.0. The molecule has 2 aromatic carbocycles. The van der Waals surface area contributed by atoms with E-state index >= 15 is 0 Å². The van der Waals surface area contributed by atoms with Gasteiger partial charge < -0.3 is 19.4 Å². The third-order valence-corrected chi connectivity index (χ3v) is 12.8. The maximum Gasteiger partial charge on any atom is 0.261 e. The zero-order chi connectivity index (χ0) is 26.3. The summed E-state index contributed by atoms with van der Waals surface area (Å²) in [6, 6.07) is 21.4. The quantitative estimate of drug-likeness (QED) is 0.258. The Kier molecular flexibility index (Phi) is 10.6. The molecule has 1 saturated heterocycles. The van der Waals surface area contributed by atoms with Crippen LogP contribution in [0.3, 0.4) is 0 Å². The van der Waals surface area contributed by atoms with Crippen LogP contribution in [-0.2, 0) is 9.16 Å². The lowest BCUT2D eigenvalue weighted by Gasteiger charge is -2.43. The number of rotatable bonds is 12. The SMILES string of the molecule is C=C(Br)C[C@@H](C)[C@H](O)[C@@H](O)[C@@H]1CC[C@H](CCCO[Si](c2ccccc2)(c2ccccc2)C(C)(C)C)O1. The van der Waals surface area contributed by atoms with E-state index in [9.17, 15) is 10.2 Å². The van der Waals surface area contributed by atoms with Crippen LogP contribution in [0.5, 0.6) is 0 Å². The molecule has 198 valence electrons. The van der Waals surface area contributed by atoms with E-state index in [1.54, 1.807) is 0 Å². The van der Waals surface area contributed by atoms with E-state index in [2.05, 4.69) is 104 Å². The topological polar surface area (TPSA) is 58.9 Å². The Hall–Kier alpha value is -1.28. The highest BCUT2D eigenvalue weighted by Crippen LogP contribution is 2.37. The highest BCUT2D eigenvalue weighted by atomic mass is 79.9. The average molecular weight is 576 g/mol. The minimum atomic E-state index is -2.52. The van der Waals surface area contributed by atoms with Gasteiger partial charge in [-0.15, -0.1) is 0 Å². The molecule has 3 rings (SSSR count). The fourth-order valence-corrected chi connectivity index (χ4v) is 10.6. The Bertz CT molecular complexity index is 907. The maximum atomic E-state index is 10.7. The molecule has 1 aliphatic heterocycles. The Morgan fingerprint density at radius 3 is 2.11 bits per heavy atom. The number of benzene rings is 2. The molecule has 1 heterocycles. The number of allylic oxidation sites excluding steroid dienone is 1. The van der Waals surface area contributed by atoms with Gasteiger partial charge in [0.2, 0.25) is 0 Å². The van der Waals surface area contributed by atoms with Crippen molar-refractivity contribution in [1.82, 2.24) is 0 Å². The van der Waals surface area contributed by atoms with E-state index in [1.807, 2.05) is 6.92 Å². The highest BCUT2D eigenvalue weighted by Gasteiger charge is 2.50. The zero-order valence-corrected chi connectivity index (χ0v) is 24.8. The van der Waals surface area contributed by atoms with Crippen LogP contribution in [0.25, 0.3) is 0 Å². The van der Waals surface area contributed by atoms with Crippen molar-refractivity contribution >= 4 is 34.6 Å². The summed E-state index contributed by atoms with van der Waals surface area (Å²) in [4.78, 5) is 0. The first-order chi connectivity index (χ1) is 17.1. The summed E-state index contributed by atoms with van der Waals surface area (Å²) in [5.41, 5.74) is 0. The fraction of sp³-hybridized carbons (Fsp3) is 0.533. The molecule has 0 aromatic heterocycles. The van der Waals surface area contributed by atoms with Crippen LogP contribution in [0.15, 0.2) is 71.7 Å². The van der Waals surface area contributed by atoms with Gasteiger partial charge in [-0.25, -0.2) is 0 Å². The third-order valence-electron chi connectivity index (χ3n) is 7.40. The molecule has 1 aliphatic rings. The number of aliphatic hydroxyl groups excluding tert-OH is 2. The van der Waals surface area contributed by atoms with E-state index in [4.69, 9.17) is 9.16 Å². The van der Waals surface area contributed by atoms with Gasteiger partial charge in [-0.2, -0.15) is 0 Å². The van der Waals surface area contributed by atoms with Gasteiger partial charge in [-0.3, -0.25) is 0 Å². The van der Waals surface area contributed by atoms with Crippen molar-refractivity contribution in [3.05, 3.63) is 71.7 Å². The van der Waals surface area contributed by atoms with Crippen molar-refractivity contribution in [2.75, 3.05) is 6.61 Å². The molecule has 0 radical (unpaired) electrons. The van der Waals surface area contributed by atoms with Gasteiger partial charge in [-0.1, -0.05) is 111 Å². The molecule has 2 aromatic rings. The molecule has 0 bridgehead atoms. The minimum absolute atomic E-state index is 0.0396. The van der Waals surface area contributed by atoms with Gasteiger partial charge in [0, 0.05) is 6.61 Å². The van der Waals surface area contributed by atoms with Gasteiger partial charge in [-0.05, 0) is 57.9 Å². The van der Waals surface area contributed by atoms with Crippen LogP contribution >= 0.6 is 15.9 Å². The predicted octanol–water partition coefficient (Wildman–Crippen LogP) is 5.55. The van der Waals surface area contributed by atoms with Gasteiger partial charge >= 0.3 is 0 Å². The van der Waals surface area contributed by atoms with Crippen molar-refractivity contribution < 1.29 is 19.4 Å². The molecule has 5 atom stereocenters. The van der Waals surface area contributed by atoms with Crippen LogP contribution in [0.2, 0.25) is 5.04 Å². The van der Waals surface area contributed by atoms with Gasteiger partial charge in [0.1, 0.15) is 6.10 Å². The first kappa shape index (κ1) is 29.3. The van der Waals surface area contributed by atoms with Crippen molar-refractivity contribution in [2.24, 2.45) is 5.92 Å². The summed E-state index contributed by atoms with van der Waals surface area (Å²) in [5, 5.41) is 23.8. The summed E-state index contributed by atoms with van der Waals surface area (Å²) in [7, 11) is -2.52. The second-order valence-corrected chi connectivity index (χ2v) is 16.6. The van der Waals surface area contributed by atoms with Gasteiger partial charge in [0.05, 0.1) is 18.3 Å². The third kappa shape index (κ3) is 6.97. The Balaban J connectivity index is 1.62. The Morgan fingerprint density at radius 1 is 1.06 bits per heavy atom. The molecule has 0 unspecified atom stereocenters. The largest absolute Gasteiger partial charge is 0.407 e. The van der Waals surface area contributed by atoms with Crippen LogP contribution in [0.4, 0.5) is 0 Å². The number of hydrogen-bond donors (Lipinski definition) is 2. The van der Waals surface area contributed by atoms with Gasteiger partial charge in [0.15, 0.2) is 0 Å². The number of halogens is 1. The standard InChI is InChI=1S/C30H43BrO4Si/c1-22(21-23(2)31)28(32)29(33)27-19-18-24(35-27)13-12-20-34-36(30(3,4)5,25-14-8-6-9-15-25)26-16-10-7-11-17-26/h6-11,14-17,22,24,27-29,32-33H,2,12-13,18-21H2,1,3-5H3/t22-,24+,27+,28+,29+/m1/s1. The number of hydrogen-bond acceptors (Lipinski definition) is 4. The summed E-state index contributed by atoms with van der Waals surface area (Å²) in [5.74, 6) is -0.0885. The molecule has 1 fully saturated rings. The number of aliphatic hydroxyl groups is 2. The van der Waals surface area contributed by atoms with Crippen LogP contribution in [0.1, 0.15) is 59.8 Å². The van der Waals surface area contributed by atoms with E-state index in [-0.39, 0.29) is 23.2 Å². The van der Waals surface area contributed by atoms with E-state index in [0.717, 1.165) is 30.2 Å². The van der Waals surface area contributed by atoms with Crippen molar-refractivity contribution in [2.45, 2.75) is 89.3 Å². The Labute approximate surface area is 227 Å². The van der Waals surface area contributed by atoms with Crippen molar-refractivity contribution in [3.63, 3.8) is 0 Å². The maximum absolute atomic E-state index is 10.7. The molecule has 6 heteroatoms. The molecule has 0 spiro atoms. The fourth-order valence-electron chi connectivity index (χ4n) is 5.52. The molecule has 0 aliphatic carbocycles. The highest BCUT2D eigenvalue weighted by molar-refractivity contribution is 9.11. The van der Waals surface area contributed by atoms with Crippen molar-refractivity contribution in [1.29, 1.82) is 0 Å². The summed E-state index contributed by atoms with van der Waals surface area (Å²) in [6.07, 6.45) is 2.09. The average Bonchev–Trinajstić information content (AvgIpc) is 3.32. The lowest BCUT2D eigenvalue weighted by Crippen LogP contribution is -2.66. The van der Waals surface area contributed by atoms with Crippen LogP contribution < -0.4 is 10.4 Å². The molecular formula is C30H43BrO4Si. The summed E-state index contributed by atoms with van der Waals surface area (Å²) >= 11 is 3.35. The lowest BCUT2D eigenvalue weighted by atomic mass is 9.93. The predicted molar refractivity (Wildman–Crippen MR) is 155 cm³/mol. The van der Waals surface area contributed by atoms with Crippen LogP contribution in [0, 0.1) is 5.92 Å². The monoisotopic (exact) mass is 574 g/mol. The molecule has 4 nitrogen and oxygen atoms in total. The second-order valence-electron chi connectivity index (χ2n) is 11.2. The van der Waals surface area contributed by atoms with Gasteiger partial charge in [0.25, 0.3) is 8.32 Å². The zero-order valence-electron chi connectivity index (χ0n) is 22.2. The first-order valence-corrected chi connectivity index (χ1v) is 15.9. The summed E-state index contributed by atoms with van der Waals surface area (Å²) in [6.45, 7) is 13.3. The van der Waals surface area contributed by atoms with Crippen LogP contribution in [-0.4, -0.2) is 49.6 Å². The Morgan fingerprint density at radius 2 is 1.61 bits per heavy atom. The van der Waals surface area contributed by atoms with E-state index in [1.165, 1.54) is 10.4 Å². The molecule has 2 N–H and O–H groups in total. The molecule has 0 amide bonds. The minimum Gasteiger partial charge on any atom is -0.407 e. The first-order valence-electron chi connectivity index (χ1n) is 13.2. The molecular weight excluding hydrogens is 532 g/mol. The van der Waals surface area contributed by atoms with Crippen molar-refractivity contribution in [3.8, 4) is 0 Å². The van der Waals surface area contributed by atoms with E-state index in [0.29, 0.717) is 13.0 Å². The normalized spacial score (nSPS) is 21.2. The smallest absolute Gasteiger partial charge is 0.261 e. The van der Waals surface area contributed by atoms with E-state index < -0.39 is 20.5 Å². The lowest BCUT2D eigenvalue weighted by molar-refractivity contribution is -0.100. The number of ether oxygens (including phenoxy) is 1. The molecule has 36 heavy (non-hydrogen) atoms. The molecule has 0 saturated carbocycles.